The molecule has 3 aromatic heterocycles. The molecule has 6 aromatic carbocycles. The van der Waals surface area contributed by atoms with E-state index in [-0.39, 0.29) is 16.4 Å². The molecule has 0 spiro atoms. The third-order valence-electron chi connectivity index (χ3n) is 8.70. The number of hydrogen-bond donors (Lipinski definition) is 0. The van der Waals surface area contributed by atoms with Crippen molar-refractivity contribution in [1.29, 1.82) is 0 Å². The van der Waals surface area contributed by atoms with Crippen molar-refractivity contribution >= 4 is 100 Å². The van der Waals surface area contributed by atoms with Crippen molar-refractivity contribution in [1.82, 2.24) is 17.5 Å². The standard InChI is InChI=1S/C37H20F2N6O2S3/c1-17-3-7-20(8-4-17)45(21-9-5-18(2)6-10-21)29-12-11-28(48-29)24-15-22-23(31-33(24)43-49-41-31)16-27(35-32(22)42-50-44-35)40-34-25-13-19(38)14-26(39)30(25)36(46)37(34)47/h3-16H,1-2H3. The Morgan fingerprint density at radius 2 is 1.24 bits per heavy atom. The maximum atomic E-state index is 14.6. The van der Waals surface area contributed by atoms with Gasteiger partial charge < -0.3 is 4.90 Å². The molecule has 0 bridgehead atoms. The second kappa shape index (κ2) is 11.5. The summed E-state index contributed by atoms with van der Waals surface area (Å²) in [6, 6.07) is 26.3. The molecule has 0 saturated heterocycles. The molecule has 0 saturated carbocycles. The summed E-state index contributed by atoms with van der Waals surface area (Å²) in [4.78, 5) is 33.3. The first-order chi connectivity index (χ1) is 24.2. The van der Waals surface area contributed by atoms with E-state index < -0.39 is 27.9 Å². The minimum atomic E-state index is -1.11. The number of hydrogen-bond acceptors (Lipinski definition) is 11. The molecule has 0 fully saturated rings. The van der Waals surface area contributed by atoms with Crippen LogP contribution in [-0.2, 0) is 0 Å². The van der Waals surface area contributed by atoms with E-state index in [1.165, 1.54) is 11.1 Å². The van der Waals surface area contributed by atoms with Crippen LogP contribution in [0.2, 0.25) is 0 Å². The van der Waals surface area contributed by atoms with Gasteiger partial charge in [0.2, 0.25) is 5.43 Å². The zero-order chi connectivity index (χ0) is 34.3. The van der Waals surface area contributed by atoms with Crippen molar-refractivity contribution < 1.29 is 8.78 Å². The lowest BCUT2D eigenvalue weighted by Crippen LogP contribution is -2.30. The highest BCUT2D eigenvalue weighted by atomic mass is 32.1. The number of benzene rings is 5. The van der Waals surface area contributed by atoms with Gasteiger partial charge in [0.1, 0.15) is 44.1 Å². The van der Waals surface area contributed by atoms with Crippen molar-refractivity contribution in [3.8, 4) is 10.4 Å². The Balaban J connectivity index is 1.24. The number of thiophene rings is 1. The topological polar surface area (TPSA) is 101 Å². The van der Waals surface area contributed by atoms with Gasteiger partial charge in [-0.1, -0.05) is 35.4 Å². The molecule has 0 aliphatic carbocycles. The Morgan fingerprint density at radius 1 is 0.640 bits per heavy atom. The minimum Gasteiger partial charge on any atom is -0.302 e. The van der Waals surface area contributed by atoms with Gasteiger partial charge in [0.25, 0.3) is 5.43 Å². The monoisotopic (exact) mass is 714 g/mol. The molecular formula is C37H20F2N6O2S3. The van der Waals surface area contributed by atoms with Gasteiger partial charge in [-0.2, -0.15) is 17.5 Å². The zero-order valence-corrected chi connectivity index (χ0v) is 28.5. The maximum Gasteiger partial charge on any atom is 0.252 e. The van der Waals surface area contributed by atoms with Crippen molar-refractivity contribution in [2.75, 3.05) is 4.90 Å². The van der Waals surface area contributed by atoms with Crippen LogP contribution in [0.25, 0.3) is 54.1 Å². The molecule has 0 N–H and O–H groups in total. The molecule has 13 heteroatoms. The molecule has 242 valence electrons. The van der Waals surface area contributed by atoms with Gasteiger partial charge in [-0.15, -0.1) is 11.3 Å². The second-order valence-corrected chi connectivity index (χ2v) is 14.0. The Morgan fingerprint density at radius 3 is 1.92 bits per heavy atom. The average molecular weight is 715 g/mol. The summed E-state index contributed by atoms with van der Waals surface area (Å²) in [5.41, 5.74) is 5.60. The predicted molar refractivity (Wildman–Crippen MR) is 197 cm³/mol. The Hall–Kier alpha value is -5.63. The lowest BCUT2D eigenvalue weighted by atomic mass is 10.0. The Labute approximate surface area is 293 Å². The van der Waals surface area contributed by atoms with Crippen molar-refractivity contribution in [3.05, 3.63) is 133 Å². The number of fused-ring (bicyclic) bond motifs is 6. The summed E-state index contributed by atoms with van der Waals surface area (Å²) >= 11 is 3.66. The number of aromatic nitrogens is 4. The van der Waals surface area contributed by atoms with E-state index in [1.807, 2.05) is 6.07 Å². The fraction of sp³-hybridized carbons (Fsp3) is 0.0541. The predicted octanol–water partition coefficient (Wildman–Crippen LogP) is 8.92. The van der Waals surface area contributed by atoms with Crippen molar-refractivity contribution in [2.45, 2.75) is 13.8 Å². The zero-order valence-electron chi connectivity index (χ0n) is 26.1. The normalized spacial score (nSPS) is 12.3. The van der Waals surface area contributed by atoms with E-state index in [0.717, 1.165) is 61.7 Å². The van der Waals surface area contributed by atoms with Gasteiger partial charge in [0.15, 0.2) is 0 Å². The number of nitrogens with zero attached hydrogens (tertiary/aromatic N) is 6. The van der Waals surface area contributed by atoms with Gasteiger partial charge in [0, 0.05) is 44.0 Å². The van der Waals surface area contributed by atoms with E-state index in [1.54, 1.807) is 17.4 Å². The third-order valence-corrected chi connectivity index (χ3v) is 10.9. The lowest BCUT2D eigenvalue weighted by molar-refractivity contribution is 0.592. The third kappa shape index (κ3) is 4.76. The Bertz CT molecular complexity index is 2930. The molecule has 0 amide bonds. The molecular weight excluding hydrogens is 695 g/mol. The second-order valence-electron chi connectivity index (χ2n) is 11.9. The van der Waals surface area contributed by atoms with E-state index in [2.05, 4.69) is 102 Å². The van der Waals surface area contributed by atoms with Gasteiger partial charge >= 0.3 is 0 Å². The van der Waals surface area contributed by atoms with Crippen LogP contribution in [0, 0.1) is 25.5 Å². The number of anilines is 3. The van der Waals surface area contributed by atoms with Crippen LogP contribution in [0.5, 0.6) is 0 Å². The maximum absolute atomic E-state index is 14.6. The molecule has 50 heavy (non-hydrogen) atoms. The largest absolute Gasteiger partial charge is 0.302 e. The summed E-state index contributed by atoms with van der Waals surface area (Å²) in [5, 5.41) is 1.40. The first-order valence-corrected chi connectivity index (χ1v) is 17.6. The van der Waals surface area contributed by atoms with Crippen LogP contribution >= 0.6 is 34.8 Å². The highest BCUT2D eigenvalue weighted by Gasteiger charge is 2.22. The summed E-state index contributed by atoms with van der Waals surface area (Å²) in [6.45, 7) is 4.13. The van der Waals surface area contributed by atoms with Crippen molar-refractivity contribution in [3.63, 3.8) is 0 Å². The van der Waals surface area contributed by atoms with E-state index in [4.69, 9.17) is 0 Å². The minimum absolute atomic E-state index is 0.191. The number of halogens is 2. The molecule has 8 nitrogen and oxygen atoms in total. The highest BCUT2D eigenvalue weighted by molar-refractivity contribution is 7.19. The van der Waals surface area contributed by atoms with Gasteiger partial charge in [0.05, 0.1) is 34.5 Å². The van der Waals surface area contributed by atoms with E-state index in [9.17, 15) is 18.4 Å². The molecule has 9 rings (SSSR count). The summed E-state index contributed by atoms with van der Waals surface area (Å²) in [5.74, 6) is -2.03. The number of rotatable bonds is 5. The average Bonchev–Trinajstić information content (AvgIpc) is 3.92. The number of aryl methyl sites for hydroxylation is 2. The van der Waals surface area contributed by atoms with Crippen LogP contribution in [0.3, 0.4) is 0 Å². The molecule has 0 radical (unpaired) electrons. The fourth-order valence-corrected chi connectivity index (χ4v) is 8.47. The Kier molecular flexibility index (Phi) is 6.98. The van der Waals surface area contributed by atoms with Crippen LogP contribution < -0.4 is 21.1 Å². The molecule has 0 atom stereocenters. The first-order valence-electron chi connectivity index (χ1n) is 15.3. The first kappa shape index (κ1) is 30.4. The van der Waals surface area contributed by atoms with E-state index >= 15 is 0 Å². The van der Waals surface area contributed by atoms with Crippen LogP contribution in [0.15, 0.2) is 99.5 Å². The summed E-state index contributed by atoms with van der Waals surface area (Å²) in [7, 11) is 0. The molecule has 0 unspecified atom stereocenters. The molecule has 9 aromatic rings. The van der Waals surface area contributed by atoms with Crippen LogP contribution in [0.1, 0.15) is 11.1 Å². The quantitative estimate of drug-likeness (QED) is 0.164. The summed E-state index contributed by atoms with van der Waals surface area (Å²) < 4.78 is 47.1. The van der Waals surface area contributed by atoms with Crippen molar-refractivity contribution in [2.24, 2.45) is 4.99 Å². The molecule has 0 aliphatic heterocycles. The van der Waals surface area contributed by atoms with E-state index in [0.29, 0.717) is 33.5 Å². The van der Waals surface area contributed by atoms with Gasteiger partial charge in [-0.3, -0.25) is 9.59 Å². The van der Waals surface area contributed by atoms with Gasteiger partial charge in [-0.05, 0) is 68.4 Å². The smallest absolute Gasteiger partial charge is 0.252 e. The van der Waals surface area contributed by atoms with Crippen LogP contribution in [0.4, 0.5) is 30.8 Å². The summed E-state index contributed by atoms with van der Waals surface area (Å²) in [6.07, 6.45) is 0. The van der Waals surface area contributed by atoms with Gasteiger partial charge in [-0.25, -0.2) is 13.8 Å². The lowest BCUT2D eigenvalue weighted by Gasteiger charge is -2.24. The fourth-order valence-electron chi connectivity index (χ4n) is 6.26. The SMILES string of the molecule is Cc1ccc(N(c2ccc(C)cc2)c2ccc(-c3cc4c(cc(N=c5c(=O)c(=O)c6c(F)cc(F)cc56)c5nsnc54)c4nsnc34)s2)cc1. The molecule has 3 heterocycles. The highest BCUT2D eigenvalue weighted by Crippen LogP contribution is 2.45. The molecule has 0 aliphatic rings. The van der Waals surface area contributed by atoms with Crippen LogP contribution in [-0.4, -0.2) is 17.5 Å².